The molecule has 0 saturated heterocycles. The van der Waals surface area contributed by atoms with Gasteiger partial charge >= 0.3 is 0 Å². The molecule has 0 unspecified atom stereocenters. The van der Waals surface area contributed by atoms with Crippen LogP contribution in [0.15, 0.2) is 0 Å². The van der Waals surface area contributed by atoms with Gasteiger partial charge < -0.3 is 0 Å². The van der Waals surface area contributed by atoms with Crippen molar-refractivity contribution in [2.45, 2.75) is 41.5 Å². The van der Waals surface area contributed by atoms with Gasteiger partial charge in [0.15, 0.2) is 0 Å². The van der Waals surface area contributed by atoms with E-state index in [1.54, 1.807) is 0 Å². The molecular weight excluding hydrogens is 280 g/mol. The standard InChI is InChI=1S/C12H18.3CO.Cr/c1-7-8(2)10(4)12(6)11(5)9(7)3;3*1-2;/h1-6H3;;;;. The van der Waals surface area contributed by atoms with E-state index >= 15 is 0 Å². The topological polar surface area (TPSA) is 51.2 Å². The van der Waals surface area contributed by atoms with Crippen molar-refractivity contribution < 1.29 is 31.7 Å². The van der Waals surface area contributed by atoms with Crippen LogP contribution < -0.4 is 0 Å². The van der Waals surface area contributed by atoms with Gasteiger partial charge in [0.2, 0.25) is 0 Å². The van der Waals surface area contributed by atoms with Crippen LogP contribution in [0, 0.1) is 41.5 Å². The summed E-state index contributed by atoms with van der Waals surface area (Å²) in [7, 11) is 0. The molecule has 19 heavy (non-hydrogen) atoms. The number of rotatable bonds is 0. The van der Waals surface area contributed by atoms with Gasteiger partial charge in [-0.1, -0.05) is 0 Å². The fourth-order valence-electron chi connectivity index (χ4n) is 1.69. The molecule has 4 heteroatoms. The first kappa shape index (κ1) is 26.4. The van der Waals surface area contributed by atoms with Crippen LogP contribution in [0.25, 0.3) is 0 Å². The summed E-state index contributed by atoms with van der Waals surface area (Å²) in [6, 6.07) is 0. The van der Waals surface area contributed by atoms with Gasteiger partial charge in [0.1, 0.15) is 0 Å². The first-order chi connectivity index (χ1) is 8.46. The van der Waals surface area contributed by atoms with Crippen LogP contribution in [-0.4, -0.2) is 20.4 Å². The van der Waals surface area contributed by atoms with Crippen molar-refractivity contribution in [2.24, 2.45) is 0 Å². The van der Waals surface area contributed by atoms with Crippen molar-refractivity contribution in [1.29, 1.82) is 0 Å². The molecule has 1 rings (SSSR count). The van der Waals surface area contributed by atoms with E-state index in [1.165, 1.54) is 33.4 Å². The van der Waals surface area contributed by atoms with Gasteiger partial charge in [-0.3, -0.25) is 14.4 Å². The summed E-state index contributed by atoms with van der Waals surface area (Å²) in [5.41, 5.74) is 8.73. The molecule has 0 aliphatic heterocycles. The molecule has 1 aromatic carbocycles. The van der Waals surface area contributed by atoms with Gasteiger partial charge in [-0.05, 0) is 74.9 Å². The van der Waals surface area contributed by atoms with E-state index in [0.29, 0.717) is 0 Å². The van der Waals surface area contributed by atoms with Crippen LogP contribution in [0.1, 0.15) is 33.4 Å². The maximum Gasteiger partial charge on any atom is 0.281 e. The second-order valence-corrected chi connectivity index (χ2v) is 3.75. The third kappa shape index (κ3) is 7.05. The molecule has 0 saturated carbocycles. The summed E-state index contributed by atoms with van der Waals surface area (Å²) in [6.07, 6.45) is 0. The Labute approximate surface area is 127 Å². The van der Waals surface area contributed by atoms with Gasteiger partial charge in [0.25, 0.3) is 20.4 Å². The average molecular weight is 298 g/mol. The van der Waals surface area contributed by atoms with E-state index in [0.717, 1.165) is 0 Å². The molecule has 0 heterocycles. The van der Waals surface area contributed by atoms with E-state index in [1.807, 2.05) is 0 Å². The number of carbonyl (C=O) groups excluding carboxylic acids is 3. The molecule has 102 valence electrons. The van der Waals surface area contributed by atoms with Crippen LogP contribution in [0.3, 0.4) is 0 Å². The van der Waals surface area contributed by atoms with Crippen molar-refractivity contribution in [2.75, 3.05) is 0 Å². The predicted octanol–water partition coefficient (Wildman–Crippen LogP) is 2.34. The number of benzene rings is 1. The maximum atomic E-state index is 7.50. The molecule has 0 aliphatic rings. The Hall–Kier alpha value is -1.24. The molecule has 0 amide bonds. The molecule has 0 spiro atoms. The number of hydrogen-bond acceptors (Lipinski definition) is 3. The monoisotopic (exact) mass is 298 g/mol. The first-order valence-electron chi connectivity index (χ1n) is 5.11. The Balaban J connectivity index is -0.000000142. The van der Waals surface area contributed by atoms with Crippen LogP contribution in [0.4, 0.5) is 0 Å². The molecule has 3 nitrogen and oxygen atoms in total. The maximum absolute atomic E-state index is 7.50. The molecule has 0 bridgehead atoms. The minimum Gasteiger partial charge on any atom is -0.281 e. The first-order valence-corrected chi connectivity index (χ1v) is 5.11. The zero-order valence-corrected chi connectivity index (χ0v) is 13.4. The van der Waals surface area contributed by atoms with Gasteiger partial charge in [0, 0.05) is 17.4 Å². The van der Waals surface area contributed by atoms with Gasteiger partial charge in [-0.2, -0.15) is 0 Å². The third-order valence-corrected chi connectivity index (χ3v) is 3.38. The summed E-state index contributed by atoms with van der Waals surface area (Å²) in [5, 5.41) is 0. The molecule has 0 atom stereocenters. The average Bonchev–Trinajstić information content (AvgIpc) is 2.47. The largest absolute Gasteiger partial charge is 0.281 e. The van der Waals surface area contributed by atoms with E-state index in [4.69, 9.17) is 14.4 Å². The molecule has 0 fully saturated rings. The predicted molar refractivity (Wildman–Crippen MR) is 71.9 cm³/mol. The van der Waals surface area contributed by atoms with Crippen LogP contribution in [0.5, 0.6) is 0 Å². The smallest absolute Gasteiger partial charge is 0.281 e. The molecule has 0 aromatic heterocycles. The minimum atomic E-state index is 0. The van der Waals surface area contributed by atoms with E-state index < -0.39 is 0 Å². The van der Waals surface area contributed by atoms with Crippen molar-refractivity contribution in [3.8, 4) is 0 Å². The van der Waals surface area contributed by atoms with Crippen molar-refractivity contribution in [3.05, 3.63) is 33.4 Å². The SMILES string of the molecule is Cc1c(C)c(C)c(C)c(C)c1C.[C]=O.[C]=O.[C]=O.[Cr]. The quantitative estimate of drug-likeness (QED) is 0.738. The van der Waals surface area contributed by atoms with Crippen molar-refractivity contribution in [3.63, 3.8) is 0 Å². The van der Waals surface area contributed by atoms with Crippen molar-refractivity contribution in [1.82, 2.24) is 0 Å². The molecular formula is C15H18CrO3. The minimum absolute atomic E-state index is 0. The zero-order chi connectivity index (χ0) is 15.5. The van der Waals surface area contributed by atoms with Gasteiger partial charge in [0.05, 0.1) is 0 Å². The second kappa shape index (κ2) is 14.8. The third-order valence-electron chi connectivity index (χ3n) is 3.38. The van der Waals surface area contributed by atoms with E-state index in [9.17, 15) is 0 Å². The Morgan fingerprint density at radius 2 is 0.474 bits per heavy atom. The van der Waals surface area contributed by atoms with Crippen molar-refractivity contribution >= 4 is 20.4 Å². The van der Waals surface area contributed by atoms with Crippen LogP contribution in [-0.2, 0) is 31.7 Å². The van der Waals surface area contributed by atoms with E-state index in [-0.39, 0.29) is 17.4 Å². The summed E-state index contributed by atoms with van der Waals surface area (Å²) < 4.78 is 0. The second-order valence-electron chi connectivity index (χ2n) is 3.75. The molecule has 0 N–H and O–H groups in total. The van der Waals surface area contributed by atoms with Gasteiger partial charge in [-0.25, -0.2) is 0 Å². The molecule has 0 aliphatic carbocycles. The normalized spacial score (nSPS) is 7.26. The Bertz CT molecular complexity index is 266. The summed E-state index contributed by atoms with van der Waals surface area (Å²) in [5.74, 6) is 0. The summed E-state index contributed by atoms with van der Waals surface area (Å²) >= 11 is 0. The summed E-state index contributed by atoms with van der Waals surface area (Å²) in [4.78, 5) is 22.5. The Morgan fingerprint density at radius 1 is 0.421 bits per heavy atom. The fourth-order valence-corrected chi connectivity index (χ4v) is 1.69. The van der Waals surface area contributed by atoms with Crippen LogP contribution >= 0.6 is 0 Å². The van der Waals surface area contributed by atoms with Crippen LogP contribution in [0.2, 0.25) is 0 Å². The molecule has 6 radical (unpaired) electrons. The Morgan fingerprint density at radius 3 is 0.526 bits per heavy atom. The van der Waals surface area contributed by atoms with E-state index in [2.05, 4.69) is 61.9 Å². The Kier molecular flexibility index (Phi) is 20.6. The summed E-state index contributed by atoms with van der Waals surface area (Å²) in [6.45, 7) is 26.8. The molecule has 1 aromatic rings. The number of hydrogen-bond donors (Lipinski definition) is 0. The van der Waals surface area contributed by atoms with Gasteiger partial charge in [-0.15, -0.1) is 0 Å². The fraction of sp³-hybridized carbons (Fsp3) is 0.400. The zero-order valence-electron chi connectivity index (χ0n) is 12.1.